The van der Waals surface area contributed by atoms with Crippen LogP contribution in [-0.2, 0) is 6.42 Å². The molecule has 0 fully saturated rings. The highest BCUT2D eigenvalue weighted by atomic mass is 35.5. The van der Waals surface area contributed by atoms with Crippen LogP contribution in [0, 0.1) is 0 Å². The molecule has 0 saturated carbocycles. The summed E-state index contributed by atoms with van der Waals surface area (Å²) < 4.78 is 10.6. The van der Waals surface area contributed by atoms with E-state index in [9.17, 15) is 5.11 Å². The van der Waals surface area contributed by atoms with Crippen molar-refractivity contribution in [1.29, 1.82) is 0 Å². The number of hydrogen-bond acceptors (Lipinski definition) is 3. The van der Waals surface area contributed by atoms with Crippen LogP contribution >= 0.6 is 11.6 Å². The van der Waals surface area contributed by atoms with E-state index in [1.165, 1.54) is 0 Å². The Morgan fingerprint density at radius 2 is 1.95 bits per heavy atom. The van der Waals surface area contributed by atoms with Gasteiger partial charge in [0.1, 0.15) is 0 Å². The van der Waals surface area contributed by atoms with Crippen molar-refractivity contribution < 1.29 is 14.6 Å². The first-order valence-electron chi connectivity index (χ1n) is 6.55. The molecule has 1 aromatic rings. The minimum Gasteiger partial charge on any atom is -0.493 e. The lowest BCUT2D eigenvalue weighted by atomic mass is 9.88. The van der Waals surface area contributed by atoms with Gasteiger partial charge in [-0.05, 0) is 42.5 Å². The van der Waals surface area contributed by atoms with Crippen LogP contribution in [0.1, 0.15) is 24.0 Å². The zero-order valence-electron chi connectivity index (χ0n) is 11.8. The van der Waals surface area contributed by atoms with E-state index < -0.39 is 6.10 Å². The van der Waals surface area contributed by atoms with Gasteiger partial charge in [0.15, 0.2) is 11.5 Å². The number of ether oxygens (including phenoxy) is 2. The van der Waals surface area contributed by atoms with Gasteiger partial charge in [0, 0.05) is 5.56 Å². The maximum Gasteiger partial charge on any atom is 0.161 e. The fourth-order valence-corrected chi connectivity index (χ4v) is 2.89. The predicted octanol–water partition coefficient (Wildman–Crippen LogP) is 3.54. The molecule has 0 spiro atoms. The lowest BCUT2D eigenvalue weighted by Gasteiger charge is -2.24. The average molecular weight is 295 g/mol. The molecule has 0 aliphatic heterocycles. The minimum absolute atomic E-state index is 0.508. The second-order valence-corrected chi connectivity index (χ2v) is 5.12. The van der Waals surface area contributed by atoms with Gasteiger partial charge < -0.3 is 14.6 Å². The van der Waals surface area contributed by atoms with Gasteiger partial charge in [-0.1, -0.05) is 17.7 Å². The van der Waals surface area contributed by atoms with Gasteiger partial charge in [0.05, 0.1) is 25.4 Å². The van der Waals surface area contributed by atoms with Gasteiger partial charge in [-0.15, -0.1) is 6.58 Å². The first-order valence-corrected chi connectivity index (χ1v) is 6.93. The van der Waals surface area contributed by atoms with E-state index in [0.29, 0.717) is 23.0 Å². The fraction of sp³-hybridized carbons (Fsp3) is 0.375. The van der Waals surface area contributed by atoms with Crippen molar-refractivity contribution in [1.82, 2.24) is 0 Å². The standard InChI is InChI=1S/C16H19ClO3/c1-4-5-13(18)11-7-6-10-8-14(19-2)15(20-3)9-12(10)16(11)17/h4,8-9,13,18H,1,5-7H2,2-3H3. The van der Waals surface area contributed by atoms with Gasteiger partial charge >= 0.3 is 0 Å². The third kappa shape index (κ3) is 2.69. The Hall–Kier alpha value is -1.45. The van der Waals surface area contributed by atoms with E-state index in [0.717, 1.165) is 29.5 Å². The van der Waals surface area contributed by atoms with Crippen molar-refractivity contribution >= 4 is 16.6 Å². The lowest BCUT2D eigenvalue weighted by molar-refractivity contribution is 0.210. The largest absolute Gasteiger partial charge is 0.493 e. The Kier molecular flexibility index (Phi) is 4.73. The molecule has 0 radical (unpaired) electrons. The zero-order valence-corrected chi connectivity index (χ0v) is 12.5. The number of rotatable bonds is 5. The van der Waals surface area contributed by atoms with Crippen molar-refractivity contribution in [3.8, 4) is 11.5 Å². The molecule has 1 atom stereocenters. The van der Waals surface area contributed by atoms with Crippen LogP contribution in [-0.4, -0.2) is 25.4 Å². The number of aryl methyl sites for hydroxylation is 1. The minimum atomic E-state index is -0.568. The molecule has 4 heteroatoms. The third-order valence-electron chi connectivity index (χ3n) is 3.58. The van der Waals surface area contributed by atoms with Gasteiger partial charge in [-0.3, -0.25) is 0 Å². The summed E-state index contributed by atoms with van der Waals surface area (Å²) in [5.74, 6) is 1.34. The van der Waals surface area contributed by atoms with Crippen LogP contribution in [0.15, 0.2) is 30.4 Å². The number of benzene rings is 1. The number of hydrogen-bond donors (Lipinski definition) is 1. The molecule has 1 N–H and O–H groups in total. The lowest BCUT2D eigenvalue weighted by Crippen LogP contribution is -2.15. The van der Waals surface area contributed by atoms with Crippen LogP contribution < -0.4 is 9.47 Å². The Balaban J connectivity index is 2.48. The van der Waals surface area contributed by atoms with Crippen molar-refractivity contribution in [3.05, 3.63) is 41.5 Å². The van der Waals surface area contributed by atoms with Crippen LogP contribution in [0.3, 0.4) is 0 Å². The summed E-state index contributed by atoms with van der Waals surface area (Å²) in [5.41, 5.74) is 2.89. The van der Waals surface area contributed by atoms with Crippen LogP contribution in [0.5, 0.6) is 11.5 Å². The summed E-state index contributed by atoms with van der Waals surface area (Å²) in [6, 6.07) is 3.82. The maximum absolute atomic E-state index is 10.1. The van der Waals surface area contributed by atoms with E-state index in [1.807, 2.05) is 12.1 Å². The first kappa shape index (κ1) is 14.9. The number of halogens is 1. The second-order valence-electron chi connectivity index (χ2n) is 4.74. The van der Waals surface area contributed by atoms with E-state index in [4.69, 9.17) is 21.1 Å². The molecule has 108 valence electrons. The summed E-state index contributed by atoms with van der Waals surface area (Å²) in [6.45, 7) is 3.65. The molecule has 0 aromatic heterocycles. The molecule has 0 saturated heterocycles. The van der Waals surface area contributed by atoms with Gasteiger partial charge in [0.2, 0.25) is 0 Å². The molecular weight excluding hydrogens is 276 g/mol. The van der Waals surface area contributed by atoms with E-state index in [-0.39, 0.29) is 0 Å². The van der Waals surface area contributed by atoms with Crippen LogP contribution in [0.4, 0.5) is 0 Å². The van der Waals surface area contributed by atoms with Crippen molar-refractivity contribution in [2.75, 3.05) is 14.2 Å². The molecule has 2 rings (SSSR count). The quantitative estimate of drug-likeness (QED) is 0.844. The molecule has 1 aliphatic rings. The molecule has 0 amide bonds. The predicted molar refractivity (Wildman–Crippen MR) is 81.5 cm³/mol. The monoisotopic (exact) mass is 294 g/mol. The summed E-state index contributed by atoms with van der Waals surface area (Å²) in [5, 5.41) is 10.7. The summed E-state index contributed by atoms with van der Waals surface area (Å²) in [6.07, 6.45) is 3.22. The van der Waals surface area contributed by atoms with Crippen LogP contribution in [0.2, 0.25) is 0 Å². The molecule has 1 aromatic carbocycles. The van der Waals surface area contributed by atoms with Gasteiger partial charge in [-0.2, -0.15) is 0 Å². The normalized spacial score (nSPS) is 15.6. The SMILES string of the molecule is C=CCC(O)C1=C(Cl)c2cc(OC)c(OC)cc2CC1. The topological polar surface area (TPSA) is 38.7 Å². The molecule has 0 heterocycles. The molecule has 1 aliphatic carbocycles. The number of methoxy groups -OCH3 is 2. The highest BCUT2D eigenvalue weighted by molar-refractivity contribution is 6.49. The Morgan fingerprint density at radius 3 is 2.55 bits per heavy atom. The molecular formula is C16H19ClO3. The summed E-state index contributed by atoms with van der Waals surface area (Å²) in [4.78, 5) is 0. The number of aliphatic hydroxyl groups is 1. The average Bonchev–Trinajstić information content (AvgIpc) is 2.46. The van der Waals surface area contributed by atoms with E-state index >= 15 is 0 Å². The van der Waals surface area contributed by atoms with Gasteiger partial charge in [0.25, 0.3) is 0 Å². The van der Waals surface area contributed by atoms with E-state index in [2.05, 4.69) is 6.58 Å². The highest BCUT2D eigenvalue weighted by Crippen LogP contribution is 2.41. The Bertz CT molecular complexity index is 549. The molecule has 1 unspecified atom stereocenters. The third-order valence-corrected chi connectivity index (χ3v) is 4.03. The molecule has 3 nitrogen and oxygen atoms in total. The smallest absolute Gasteiger partial charge is 0.161 e. The molecule has 20 heavy (non-hydrogen) atoms. The fourth-order valence-electron chi connectivity index (χ4n) is 2.50. The van der Waals surface area contributed by atoms with Gasteiger partial charge in [-0.25, -0.2) is 0 Å². The van der Waals surface area contributed by atoms with E-state index in [1.54, 1.807) is 20.3 Å². The molecule has 0 bridgehead atoms. The summed E-state index contributed by atoms with van der Waals surface area (Å²) >= 11 is 6.46. The van der Waals surface area contributed by atoms with Crippen LogP contribution in [0.25, 0.3) is 5.03 Å². The summed E-state index contributed by atoms with van der Waals surface area (Å²) in [7, 11) is 3.21. The number of fused-ring (bicyclic) bond motifs is 1. The number of aliphatic hydroxyl groups excluding tert-OH is 1. The Labute approximate surface area is 124 Å². The van der Waals surface area contributed by atoms with Crippen molar-refractivity contribution in [2.24, 2.45) is 0 Å². The van der Waals surface area contributed by atoms with Crippen molar-refractivity contribution in [2.45, 2.75) is 25.4 Å². The highest BCUT2D eigenvalue weighted by Gasteiger charge is 2.24. The zero-order chi connectivity index (χ0) is 14.7. The van der Waals surface area contributed by atoms with Crippen molar-refractivity contribution in [3.63, 3.8) is 0 Å². The maximum atomic E-state index is 10.1. The first-order chi connectivity index (χ1) is 9.62. The second kappa shape index (κ2) is 6.33. The Morgan fingerprint density at radius 1 is 1.30 bits per heavy atom.